The first-order valence-electron chi connectivity index (χ1n) is 9.24. The van der Waals surface area contributed by atoms with Gasteiger partial charge in [0, 0.05) is 12.0 Å². The van der Waals surface area contributed by atoms with Gasteiger partial charge in [-0.1, -0.05) is 24.3 Å². The van der Waals surface area contributed by atoms with E-state index in [1.165, 1.54) is 17.7 Å². The van der Waals surface area contributed by atoms with Gasteiger partial charge in [0.25, 0.3) is 0 Å². The van der Waals surface area contributed by atoms with Crippen LogP contribution in [-0.2, 0) is 6.42 Å². The van der Waals surface area contributed by atoms with Crippen LogP contribution in [-0.4, -0.2) is 30.2 Å². The molecule has 0 saturated heterocycles. The molecule has 2 atom stereocenters. The molecule has 7 heteroatoms. The van der Waals surface area contributed by atoms with Crippen molar-refractivity contribution in [2.45, 2.75) is 43.5 Å². The highest BCUT2D eigenvalue weighted by molar-refractivity contribution is 5.31. The molecule has 2 aromatic rings. The third-order valence-electron chi connectivity index (χ3n) is 5.13. The topological polar surface area (TPSA) is 64.7 Å². The molecule has 0 amide bonds. The number of nitrogens with two attached hydrogens (primary N) is 1. The predicted octanol–water partition coefficient (Wildman–Crippen LogP) is 4.16. The summed E-state index contributed by atoms with van der Waals surface area (Å²) in [5.74, 6) is 0.853. The highest BCUT2D eigenvalue weighted by Gasteiger charge is 2.35. The number of rotatable bonds is 7. The minimum absolute atomic E-state index is 0.00794. The van der Waals surface area contributed by atoms with Crippen LogP contribution in [0.3, 0.4) is 0 Å². The zero-order valence-corrected chi connectivity index (χ0v) is 15.4. The summed E-state index contributed by atoms with van der Waals surface area (Å²) >= 11 is 0. The Balaban J connectivity index is 1.46. The highest BCUT2D eigenvalue weighted by atomic mass is 19.4. The number of benzene rings is 2. The zero-order valence-electron chi connectivity index (χ0n) is 15.4. The van der Waals surface area contributed by atoms with Gasteiger partial charge < -0.3 is 20.3 Å². The molecule has 0 unspecified atom stereocenters. The maximum atomic E-state index is 12.2. The van der Waals surface area contributed by atoms with Crippen molar-refractivity contribution in [2.24, 2.45) is 5.73 Å². The first-order valence-corrected chi connectivity index (χ1v) is 9.24. The Hall–Kier alpha value is -2.25. The van der Waals surface area contributed by atoms with E-state index in [1.807, 2.05) is 24.3 Å². The summed E-state index contributed by atoms with van der Waals surface area (Å²) in [4.78, 5) is 0. The summed E-state index contributed by atoms with van der Waals surface area (Å²) in [5.41, 5.74) is 7.72. The van der Waals surface area contributed by atoms with Gasteiger partial charge in [0.2, 0.25) is 0 Å². The monoisotopic (exact) mass is 395 g/mol. The van der Waals surface area contributed by atoms with Crippen molar-refractivity contribution < 1.29 is 27.8 Å². The molecule has 0 bridgehead atoms. The van der Waals surface area contributed by atoms with Crippen LogP contribution in [0, 0.1) is 0 Å². The summed E-state index contributed by atoms with van der Waals surface area (Å²) < 4.78 is 46.0. The maximum absolute atomic E-state index is 12.2. The van der Waals surface area contributed by atoms with Crippen molar-refractivity contribution >= 4 is 0 Å². The van der Waals surface area contributed by atoms with Crippen LogP contribution in [0.1, 0.15) is 36.3 Å². The molecule has 0 aromatic heterocycles. The van der Waals surface area contributed by atoms with Crippen LogP contribution in [0.2, 0.25) is 0 Å². The van der Waals surface area contributed by atoms with Gasteiger partial charge in [0.15, 0.2) is 0 Å². The lowest BCUT2D eigenvalue weighted by Crippen LogP contribution is -2.40. The van der Waals surface area contributed by atoms with Crippen molar-refractivity contribution in [1.29, 1.82) is 0 Å². The third kappa shape index (κ3) is 5.62. The number of aliphatic hydroxyl groups excluding tert-OH is 1. The Morgan fingerprint density at radius 3 is 2.25 bits per heavy atom. The summed E-state index contributed by atoms with van der Waals surface area (Å²) in [6.45, 7) is 0.423. The third-order valence-corrected chi connectivity index (χ3v) is 5.13. The normalized spacial score (nSPS) is 22.2. The van der Waals surface area contributed by atoms with E-state index >= 15 is 0 Å². The molecule has 152 valence electrons. The van der Waals surface area contributed by atoms with Gasteiger partial charge in [0.05, 0.1) is 13.2 Å². The number of alkyl halides is 3. The molecule has 1 saturated carbocycles. The van der Waals surface area contributed by atoms with E-state index in [4.69, 9.17) is 10.5 Å². The second kappa shape index (κ2) is 8.41. The van der Waals surface area contributed by atoms with E-state index in [-0.39, 0.29) is 12.4 Å². The second-order valence-electron chi connectivity index (χ2n) is 7.32. The SMILES string of the molecule is N[C@]1(CO)CC[C@@H](c2ccc(OCCc3ccc(OC(F)(F)F)cc3)cc2)C1. The number of hydrogen-bond acceptors (Lipinski definition) is 4. The van der Waals surface area contributed by atoms with Crippen molar-refractivity contribution in [1.82, 2.24) is 0 Å². The van der Waals surface area contributed by atoms with Gasteiger partial charge in [-0.05, 0) is 60.6 Å². The van der Waals surface area contributed by atoms with E-state index in [0.29, 0.717) is 18.9 Å². The van der Waals surface area contributed by atoms with Gasteiger partial charge >= 0.3 is 6.36 Å². The quantitative estimate of drug-likeness (QED) is 0.739. The molecule has 3 rings (SSSR count). The van der Waals surface area contributed by atoms with Crippen LogP contribution in [0.25, 0.3) is 0 Å². The van der Waals surface area contributed by atoms with Gasteiger partial charge in [-0.25, -0.2) is 0 Å². The Morgan fingerprint density at radius 1 is 1.04 bits per heavy atom. The van der Waals surface area contributed by atoms with E-state index in [0.717, 1.165) is 30.6 Å². The molecule has 0 spiro atoms. The van der Waals surface area contributed by atoms with E-state index in [9.17, 15) is 18.3 Å². The van der Waals surface area contributed by atoms with E-state index in [1.54, 1.807) is 12.1 Å². The Bertz CT molecular complexity index is 762. The largest absolute Gasteiger partial charge is 0.573 e. The average Bonchev–Trinajstić information content (AvgIpc) is 3.06. The Kier molecular flexibility index (Phi) is 6.15. The van der Waals surface area contributed by atoms with Crippen LogP contribution >= 0.6 is 0 Å². The molecule has 2 aromatic carbocycles. The van der Waals surface area contributed by atoms with Crippen LogP contribution < -0.4 is 15.2 Å². The summed E-state index contributed by atoms with van der Waals surface area (Å²) in [7, 11) is 0. The van der Waals surface area contributed by atoms with Crippen LogP contribution in [0.4, 0.5) is 13.2 Å². The van der Waals surface area contributed by atoms with Crippen LogP contribution in [0.15, 0.2) is 48.5 Å². The fourth-order valence-corrected chi connectivity index (χ4v) is 3.57. The number of aliphatic hydroxyl groups is 1. The Morgan fingerprint density at radius 2 is 1.68 bits per heavy atom. The van der Waals surface area contributed by atoms with Crippen LogP contribution in [0.5, 0.6) is 11.5 Å². The zero-order chi connectivity index (χ0) is 20.2. The molecular weight excluding hydrogens is 371 g/mol. The first-order chi connectivity index (χ1) is 13.3. The molecule has 0 aliphatic heterocycles. The minimum atomic E-state index is -4.68. The lowest BCUT2D eigenvalue weighted by Gasteiger charge is -2.21. The number of halogens is 3. The predicted molar refractivity (Wildman–Crippen MR) is 99.4 cm³/mol. The maximum Gasteiger partial charge on any atom is 0.573 e. The van der Waals surface area contributed by atoms with Crippen molar-refractivity contribution in [3.05, 3.63) is 59.7 Å². The van der Waals surface area contributed by atoms with Gasteiger partial charge in [-0.2, -0.15) is 0 Å². The Labute approximate surface area is 162 Å². The summed E-state index contributed by atoms with van der Waals surface area (Å²) in [5, 5.41) is 9.39. The van der Waals surface area contributed by atoms with E-state index in [2.05, 4.69) is 4.74 Å². The van der Waals surface area contributed by atoms with Gasteiger partial charge in [0.1, 0.15) is 11.5 Å². The fourth-order valence-electron chi connectivity index (χ4n) is 3.57. The molecule has 1 aliphatic carbocycles. The number of hydrogen-bond donors (Lipinski definition) is 2. The highest BCUT2D eigenvalue weighted by Crippen LogP contribution is 2.39. The lowest BCUT2D eigenvalue weighted by atomic mass is 9.94. The standard InChI is InChI=1S/C21H24F3NO3/c22-21(23,24)28-19-5-1-15(2-6-19)10-12-27-18-7-3-16(4-8-18)17-9-11-20(25,13-17)14-26/h1-8,17,26H,9-14,25H2/t17-,20-/m1/s1. The molecule has 1 aliphatic rings. The molecule has 1 fully saturated rings. The van der Waals surface area contributed by atoms with Crippen molar-refractivity contribution in [3.8, 4) is 11.5 Å². The molecule has 4 nitrogen and oxygen atoms in total. The van der Waals surface area contributed by atoms with Gasteiger partial charge in [-0.3, -0.25) is 0 Å². The number of ether oxygens (including phenoxy) is 2. The minimum Gasteiger partial charge on any atom is -0.493 e. The molecule has 0 heterocycles. The lowest BCUT2D eigenvalue weighted by molar-refractivity contribution is -0.274. The van der Waals surface area contributed by atoms with Crippen molar-refractivity contribution in [2.75, 3.05) is 13.2 Å². The first kappa shape index (κ1) is 20.5. The fraction of sp³-hybridized carbons (Fsp3) is 0.429. The molecule has 3 N–H and O–H groups in total. The second-order valence-corrected chi connectivity index (χ2v) is 7.32. The molecule has 0 radical (unpaired) electrons. The van der Waals surface area contributed by atoms with Crippen molar-refractivity contribution in [3.63, 3.8) is 0 Å². The summed E-state index contributed by atoms with van der Waals surface area (Å²) in [6.07, 6.45) is -1.55. The molecular formula is C21H24F3NO3. The van der Waals surface area contributed by atoms with Gasteiger partial charge in [-0.15, -0.1) is 13.2 Å². The molecule has 28 heavy (non-hydrogen) atoms. The summed E-state index contributed by atoms with van der Waals surface area (Å²) in [6, 6.07) is 13.6. The smallest absolute Gasteiger partial charge is 0.493 e. The average molecular weight is 395 g/mol. The van der Waals surface area contributed by atoms with E-state index < -0.39 is 11.9 Å².